The van der Waals surface area contributed by atoms with Gasteiger partial charge in [0.15, 0.2) is 0 Å². The second kappa shape index (κ2) is 2.91. The minimum Gasteiger partial charge on any atom is -0.341 e. The lowest BCUT2D eigenvalue weighted by Gasteiger charge is -2.04. The molecule has 1 fully saturated rings. The van der Waals surface area contributed by atoms with Crippen molar-refractivity contribution in [1.29, 1.82) is 0 Å². The Hall–Kier alpha value is -1.05. The second-order valence-corrected chi connectivity index (χ2v) is 2.77. The highest BCUT2D eigenvalue weighted by atomic mass is 16.2. The Bertz CT molecular complexity index is 218. The van der Waals surface area contributed by atoms with Gasteiger partial charge in [0.25, 0.3) is 0 Å². The third-order valence-corrected chi connectivity index (χ3v) is 2.06. The third kappa shape index (κ3) is 1.20. The van der Waals surface area contributed by atoms with Crippen molar-refractivity contribution in [2.24, 2.45) is 5.92 Å². The fraction of sp³-hybridized carbons (Fsp3) is 0.444. The van der Waals surface area contributed by atoms with Gasteiger partial charge in [-0.2, -0.15) is 0 Å². The van der Waals surface area contributed by atoms with Gasteiger partial charge in [-0.1, -0.05) is 12.2 Å². The van der Waals surface area contributed by atoms with Crippen molar-refractivity contribution in [2.45, 2.75) is 6.92 Å². The zero-order chi connectivity index (χ0) is 8.43. The van der Waals surface area contributed by atoms with Crippen molar-refractivity contribution in [3.8, 4) is 0 Å². The van der Waals surface area contributed by atoms with Crippen molar-refractivity contribution in [3.63, 3.8) is 0 Å². The first-order chi connectivity index (χ1) is 5.20. The van der Waals surface area contributed by atoms with Gasteiger partial charge in [0.2, 0.25) is 5.91 Å². The molecule has 0 aromatic carbocycles. The van der Waals surface area contributed by atoms with Crippen LogP contribution in [-0.2, 0) is 4.79 Å². The van der Waals surface area contributed by atoms with E-state index in [0.717, 1.165) is 12.1 Å². The van der Waals surface area contributed by atoms with E-state index in [-0.39, 0.29) is 11.8 Å². The molecule has 2 nitrogen and oxygen atoms in total. The molecule has 0 aliphatic carbocycles. The van der Waals surface area contributed by atoms with Crippen LogP contribution in [0.15, 0.2) is 24.3 Å². The summed E-state index contributed by atoms with van der Waals surface area (Å²) in [6, 6.07) is 0. The number of carbonyl (C=O) groups is 1. The smallest absolute Gasteiger partial charge is 0.249 e. The number of allylic oxidation sites excluding steroid dienone is 1. The molecule has 0 bridgehead atoms. The van der Waals surface area contributed by atoms with Gasteiger partial charge in [0.1, 0.15) is 0 Å². The van der Waals surface area contributed by atoms with Crippen LogP contribution in [0.25, 0.3) is 0 Å². The molecule has 1 aliphatic rings. The van der Waals surface area contributed by atoms with Crippen LogP contribution in [0, 0.1) is 5.92 Å². The van der Waals surface area contributed by atoms with Gasteiger partial charge in [-0.3, -0.25) is 4.79 Å². The van der Waals surface area contributed by atoms with Crippen molar-refractivity contribution in [3.05, 3.63) is 24.3 Å². The van der Waals surface area contributed by atoms with Crippen LogP contribution < -0.4 is 0 Å². The van der Waals surface area contributed by atoms with E-state index < -0.39 is 0 Å². The molecular formula is C9H13NO. The molecule has 1 atom stereocenters. The summed E-state index contributed by atoms with van der Waals surface area (Å²) in [5, 5.41) is 0. The Labute approximate surface area is 67.2 Å². The van der Waals surface area contributed by atoms with Crippen molar-refractivity contribution in [2.75, 3.05) is 13.6 Å². The van der Waals surface area contributed by atoms with Gasteiger partial charge in [-0.15, -0.1) is 6.58 Å². The van der Waals surface area contributed by atoms with E-state index in [1.165, 1.54) is 0 Å². The average molecular weight is 151 g/mol. The maximum Gasteiger partial charge on any atom is 0.249 e. The number of likely N-dealkylation sites (tertiary alicyclic amines) is 1. The van der Waals surface area contributed by atoms with E-state index >= 15 is 0 Å². The molecule has 60 valence electrons. The summed E-state index contributed by atoms with van der Waals surface area (Å²) in [6.45, 7) is 6.36. The molecule has 2 heteroatoms. The Morgan fingerprint density at radius 3 is 2.73 bits per heavy atom. The van der Waals surface area contributed by atoms with E-state index in [1.807, 2.05) is 26.1 Å². The molecule has 1 unspecified atom stereocenters. The zero-order valence-electron chi connectivity index (χ0n) is 7.00. The van der Waals surface area contributed by atoms with E-state index in [0.29, 0.717) is 0 Å². The quantitative estimate of drug-likeness (QED) is 0.407. The number of hydrogen-bond acceptors (Lipinski definition) is 1. The number of hydrogen-bond donors (Lipinski definition) is 0. The Balaban J connectivity index is 2.90. The largest absolute Gasteiger partial charge is 0.341 e. The van der Waals surface area contributed by atoms with Crippen LogP contribution in [0.4, 0.5) is 0 Å². The number of nitrogens with zero attached hydrogens (tertiary/aromatic N) is 1. The van der Waals surface area contributed by atoms with E-state index in [4.69, 9.17) is 0 Å². The molecule has 1 aliphatic heterocycles. The molecule has 1 amide bonds. The van der Waals surface area contributed by atoms with Crippen molar-refractivity contribution < 1.29 is 4.79 Å². The first-order valence-electron chi connectivity index (χ1n) is 3.75. The second-order valence-electron chi connectivity index (χ2n) is 2.77. The van der Waals surface area contributed by atoms with Gasteiger partial charge in [0, 0.05) is 25.1 Å². The number of carbonyl (C=O) groups excluding carboxylic acids is 1. The molecule has 1 saturated heterocycles. The fourth-order valence-corrected chi connectivity index (χ4v) is 1.39. The predicted octanol–water partition coefficient (Wildman–Crippen LogP) is 1.21. The molecule has 1 heterocycles. The first kappa shape index (κ1) is 8.05. The predicted molar refractivity (Wildman–Crippen MR) is 45.1 cm³/mol. The summed E-state index contributed by atoms with van der Waals surface area (Å²) in [4.78, 5) is 13.0. The molecular weight excluding hydrogens is 138 g/mol. The molecule has 0 saturated carbocycles. The van der Waals surface area contributed by atoms with Crippen LogP contribution in [0.3, 0.4) is 0 Å². The minimum absolute atomic E-state index is 0.136. The first-order valence-corrected chi connectivity index (χ1v) is 3.75. The topological polar surface area (TPSA) is 20.3 Å². The standard InChI is InChI=1S/C9H13NO/c1-4-7-6-10(3)9(11)8(7)5-2/h4-5,7H,1,6H2,2-3H3/b8-5-. The van der Waals surface area contributed by atoms with E-state index in [2.05, 4.69) is 6.58 Å². The lowest BCUT2D eigenvalue weighted by molar-refractivity contribution is -0.123. The zero-order valence-corrected chi connectivity index (χ0v) is 7.00. The van der Waals surface area contributed by atoms with E-state index in [9.17, 15) is 4.79 Å². The summed E-state index contributed by atoms with van der Waals surface area (Å²) in [5.41, 5.74) is 0.877. The van der Waals surface area contributed by atoms with E-state index in [1.54, 1.807) is 4.90 Å². The highest BCUT2D eigenvalue weighted by Crippen LogP contribution is 2.22. The third-order valence-electron chi connectivity index (χ3n) is 2.06. The molecule has 11 heavy (non-hydrogen) atoms. The Kier molecular flexibility index (Phi) is 2.13. The van der Waals surface area contributed by atoms with Gasteiger partial charge < -0.3 is 4.90 Å². The van der Waals surface area contributed by atoms with Crippen LogP contribution in [0.1, 0.15) is 6.92 Å². The average Bonchev–Trinajstić information content (AvgIpc) is 2.28. The number of amides is 1. The van der Waals surface area contributed by atoms with Crippen LogP contribution in [0.2, 0.25) is 0 Å². The number of likely N-dealkylation sites (N-methyl/N-ethyl adjacent to an activating group) is 1. The van der Waals surface area contributed by atoms with Crippen LogP contribution in [0.5, 0.6) is 0 Å². The van der Waals surface area contributed by atoms with Gasteiger partial charge in [-0.25, -0.2) is 0 Å². The van der Waals surface area contributed by atoms with Gasteiger partial charge >= 0.3 is 0 Å². The molecule has 0 N–H and O–H groups in total. The van der Waals surface area contributed by atoms with Crippen LogP contribution in [-0.4, -0.2) is 24.4 Å². The summed E-state index contributed by atoms with van der Waals surface area (Å²) in [6.07, 6.45) is 3.70. The maximum absolute atomic E-state index is 11.3. The highest BCUT2D eigenvalue weighted by Gasteiger charge is 2.29. The lowest BCUT2D eigenvalue weighted by Crippen LogP contribution is -2.19. The SMILES string of the molecule is C=CC1CN(C)C(=O)/C1=C\C. The minimum atomic E-state index is 0.136. The molecule has 0 radical (unpaired) electrons. The molecule has 0 spiro atoms. The Morgan fingerprint density at radius 2 is 2.36 bits per heavy atom. The summed E-state index contributed by atoms with van der Waals surface area (Å²) in [7, 11) is 1.81. The van der Waals surface area contributed by atoms with Crippen LogP contribution >= 0.6 is 0 Å². The van der Waals surface area contributed by atoms with Crippen molar-refractivity contribution in [1.82, 2.24) is 4.90 Å². The highest BCUT2D eigenvalue weighted by molar-refractivity contribution is 5.96. The van der Waals surface area contributed by atoms with Crippen molar-refractivity contribution >= 4 is 5.91 Å². The van der Waals surface area contributed by atoms with Gasteiger partial charge in [-0.05, 0) is 6.92 Å². The lowest BCUT2D eigenvalue weighted by atomic mass is 10.0. The monoisotopic (exact) mass is 151 g/mol. The Morgan fingerprint density at radius 1 is 1.73 bits per heavy atom. The molecule has 1 rings (SSSR count). The molecule has 0 aromatic rings. The number of rotatable bonds is 1. The summed E-state index contributed by atoms with van der Waals surface area (Å²) in [5.74, 6) is 0.370. The summed E-state index contributed by atoms with van der Waals surface area (Å²) < 4.78 is 0. The fourth-order valence-electron chi connectivity index (χ4n) is 1.39. The molecule has 0 aromatic heterocycles. The maximum atomic E-state index is 11.3. The summed E-state index contributed by atoms with van der Waals surface area (Å²) >= 11 is 0. The van der Waals surface area contributed by atoms with Gasteiger partial charge in [0.05, 0.1) is 0 Å². The normalized spacial score (nSPS) is 28.2.